The zero-order valence-corrected chi connectivity index (χ0v) is 25.8. The van der Waals surface area contributed by atoms with Crippen LogP contribution in [0.15, 0.2) is 54.6 Å². The zero-order chi connectivity index (χ0) is 31.4. The van der Waals surface area contributed by atoms with Crippen LogP contribution in [0.1, 0.15) is 52.1 Å². The van der Waals surface area contributed by atoms with Crippen LogP contribution in [0.25, 0.3) is 10.8 Å². The summed E-state index contributed by atoms with van der Waals surface area (Å²) in [6, 6.07) is 14.3. The van der Waals surface area contributed by atoms with E-state index >= 15 is 0 Å². The minimum atomic E-state index is -0.772. The van der Waals surface area contributed by atoms with E-state index in [1.54, 1.807) is 20.8 Å². The minimum Gasteiger partial charge on any atom is -0.466 e. The van der Waals surface area contributed by atoms with Gasteiger partial charge >= 0.3 is 12.1 Å². The van der Waals surface area contributed by atoms with Gasteiger partial charge in [-0.25, -0.2) is 9.59 Å². The van der Waals surface area contributed by atoms with Crippen molar-refractivity contribution in [2.24, 2.45) is 0 Å². The van der Waals surface area contributed by atoms with E-state index in [9.17, 15) is 19.2 Å². The SMILES string of the molecule is COC(=O)/C=C/CNC(=O)CNC(=O)C(CNC(=O)OC(C)(C)C)NC1CCN(C(C)c2cccc3ccccc23)CC1. The maximum absolute atomic E-state index is 13.1. The zero-order valence-electron chi connectivity index (χ0n) is 25.8. The third kappa shape index (κ3) is 11.0. The number of alkyl carbamates (subject to hydrolysis) is 1. The third-order valence-corrected chi connectivity index (χ3v) is 7.25. The van der Waals surface area contributed by atoms with Crippen LogP contribution in [-0.2, 0) is 23.9 Å². The number of piperidine rings is 1. The third-order valence-electron chi connectivity index (χ3n) is 7.25. The van der Waals surface area contributed by atoms with E-state index in [2.05, 4.69) is 80.3 Å². The Bertz CT molecular complexity index is 1280. The van der Waals surface area contributed by atoms with Crippen molar-refractivity contribution in [1.82, 2.24) is 26.2 Å². The summed E-state index contributed by atoms with van der Waals surface area (Å²) in [4.78, 5) is 51.2. The molecular formula is C32H45N5O6. The molecule has 0 radical (unpaired) electrons. The quantitative estimate of drug-likeness (QED) is 0.217. The van der Waals surface area contributed by atoms with Crippen LogP contribution in [-0.4, -0.2) is 86.3 Å². The van der Waals surface area contributed by atoms with E-state index in [1.807, 2.05) is 0 Å². The first-order valence-electron chi connectivity index (χ1n) is 14.7. The molecule has 0 spiro atoms. The van der Waals surface area contributed by atoms with E-state index < -0.39 is 35.5 Å². The second kappa shape index (κ2) is 16.0. The number of hydrogen-bond acceptors (Lipinski definition) is 8. The number of carbonyl (C=O) groups is 4. The second-order valence-electron chi connectivity index (χ2n) is 11.6. The van der Waals surface area contributed by atoms with Gasteiger partial charge in [0.2, 0.25) is 11.8 Å². The molecule has 1 saturated heterocycles. The van der Waals surface area contributed by atoms with Crippen molar-refractivity contribution in [3.05, 3.63) is 60.2 Å². The molecule has 3 amide bonds. The van der Waals surface area contributed by atoms with E-state index in [1.165, 1.54) is 35.6 Å². The standard InChI is InChI=1S/C32H45N5O6/c1-22(25-13-8-11-23-10-6-7-12-26(23)25)37-18-15-24(16-19-37)36-27(20-35-31(41)43-32(2,3)4)30(40)34-21-28(38)33-17-9-14-29(39)42-5/h6-14,22,24,27,36H,15-21H2,1-5H3,(H,33,38)(H,34,40)(H,35,41)/b14-9+. The molecule has 0 bridgehead atoms. The van der Waals surface area contributed by atoms with E-state index in [0.717, 1.165) is 25.9 Å². The summed E-state index contributed by atoms with van der Waals surface area (Å²) < 4.78 is 9.83. The van der Waals surface area contributed by atoms with Crippen LogP contribution in [0.2, 0.25) is 0 Å². The summed E-state index contributed by atoms with van der Waals surface area (Å²) in [7, 11) is 1.26. The number of nitrogens with one attached hydrogen (secondary N) is 4. The average Bonchev–Trinajstić information content (AvgIpc) is 2.98. The fourth-order valence-electron chi connectivity index (χ4n) is 5.03. The van der Waals surface area contributed by atoms with Crippen LogP contribution >= 0.6 is 0 Å². The first-order valence-corrected chi connectivity index (χ1v) is 14.7. The normalized spacial score (nSPS) is 15.9. The lowest BCUT2D eigenvalue weighted by atomic mass is 9.96. The Balaban J connectivity index is 1.56. The molecule has 234 valence electrons. The van der Waals surface area contributed by atoms with Gasteiger partial charge in [0, 0.05) is 44.3 Å². The number of likely N-dealkylation sites (tertiary alicyclic amines) is 1. The number of amides is 3. The topological polar surface area (TPSA) is 138 Å². The number of nitrogens with zero attached hydrogens (tertiary/aromatic N) is 1. The summed E-state index contributed by atoms with van der Waals surface area (Å²) in [6.07, 6.45) is 3.67. The van der Waals surface area contributed by atoms with Gasteiger partial charge in [0.15, 0.2) is 0 Å². The number of rotatable bonds is 12. The summed E-state index contributed by atoms with van der Waals surface area (Å²) in [6.45, 7) is 9.07. The van der Waals surface area contributed by atoms with Crippen molar-refractivity contribution in [2.75, 3.05) is 39.8 Å². The van der Waals surface area contributed by atoms with Crippen LogP contribution in [0, 0.1) is 0 Å². The molecule has 1 heterocycles. The molecule has 2 aromatic rings. The molecule has 2 unspecified atom stereocenters. The van der Waals surface area contributed by atoms with Gasteiger partial charge in [-0.05, 0) is 56.9 Å². The first-order chi connectivity index (χ1) is 20.5. The molecule has 11 heteroatoms. The van der Waals surface area contributed by atoms with Crippen LogP contribution in [0.5, 0.6) is 0 Å². The molecule has 2 aromatic carbocycles. The number of ether oxygens (including phenoxy) is 2. The highest BCUT2D eigenvalue weighted by Crippen LogP contribution is 2.30. The molecule has 0 saturated carbocycles. The number of benzene rings is 2. The molecule has 11 nitrogen and oxygen atoms in total. The highest BCUT2D eigenvalue weighted by atomic mass is 16.6. The van der Waals surface area contributed by atoms with Gasteiger partial charge in [-0.2, -0.15) is 0 Å². The van der Waals surface area contributed by atoms with Crippen molar-refractivity contribution >= 4 is 34.6 Å². The molecule has 2 atom stereocenters. The van der Waals surface area contributed by atoms with Crippen LogP contribution < -0.4 is 21.3 Å². The molecule has 1 aliphatic rings. The summed E-state index contributed by atoms with van der Waals surface area (Å²) in [5, 5.41) is 13.8. The number of esters is 1. The predicted molar refractivity (Wildman–Crippen MR) is 165 cm³/mol. The smallest absolute Gasteiger partial charge is 0.407 e. The fraction of sp³-hybridized carbons (Fsp3) is 0.500. The molecule has 1 aliphatic heterocycles. The van der Waals surface area contributed by atoms with Gasteiger partial charge in [-0.3, -0.25) is 14.5 Å². The monoisotopic (exact) mass is 595 g/mol. The van der Waals surface area contributed by atoms with Crippen molar-refractivity contribution in [2.45, 2.75) is 64.3 Å². The minimum absolute atomic E-state index is 0.00312. The Labute approximate surface area is 253 Å². The maximum Gasteiger partial charge on any atom is 0.407 e. The van der Waals surface area contributed by atoms with Gasteiger partial charge < -0.3 is 30.7 Å². The Kier molecular flexibility index (Phi) is 12.5. The van der Waals surface area contributed by atoms with E-state index in [-0.39, 0.29) is 31.7 Å². The lowest BCUT2D eigenvalue weighted by molar-refractivity contribution is -0.134. The Morgan fingerprint density at radius 2 is 1.70 bits per heavy atom. The second-order valence-corrected chi connectivity index (χ2v) is 11.6. The van der Waals surface area contributed by atoms with Gasteiger partial charge in [0.05, 0.1) is 13.7 Å². The molecule has 43 heavy (non-hydrogen) atoms. The van der Waals surface area contributed by atoms with Crippen molar-refractivity contribution in [3.63, 3.8) is 0 Å². The lowest BCUT2D eigenvalue weighted by Crippen LogP contribution is -2.57. The average molecular weight is 596 g/mol. The van der Waals surface area contributed by atoms with E-state index in [4.69, 9.17) is 4.74 Å². The molecule has 4 N–H and O–H groups in total. The van der Waals surface area contributed by atoms with Crippen LogP contribution in [0.3, 0.4) is 0 Å². The fourth-order valence-corrected chi connectivity index (χ4v) is 5.03. The number of methoxy groups -OCH3 is 1. The predicted octanol–water partition coefficient (Wildman–Crippen LogP) is 2.81. The van der Waals surface area contributed by atoms with Gasteiger partial charge in [-0.15, -0.1) is 0 Å². The summed E-state index contributed by atoms with van der Waals surface area (Å²) in [5.74, 6) is -1.36. The highest BCUT2D eigenvalue weighted by Gasteiger charge is 2.29. The van der Waals surface area contributed by atoms with Gasteiger partial charge in [-0.1, -0.05) is 48.5 Å². The first kappa shape index (κ1) is 33.5. The maximum atomic E-state index is 13.1. The lowest BCUT2D eigenvalue weighted by Gasteiger charge is -2.38. The van der Waals surface area contributed by atoms with Crippen LogP contribution in [0.4, 0.5) is 4.79 Å². The Morgan fingerprint density at radius 3 is 2.40 bits per heavy atom. The van der Waals surface area contributed by atoms with Gasteiger partial charge in [0.1, 0.15) is 11.6 Å². The highest BCUT2D eigenvalue weighted by molar-refractivity contribution is 5.88. The molecule has 3 rings (SSSR count). The summed E-state index contributed by atoms with van der Waals surface area (Å²) >= 11 is 0. The molecule has 0 aromatic heterocycles. The van der Waals surface area contributed by atoms with E-state index in [0.29, 0.717) is 0 Å². The van der Waals surface area contributed by atoms with Crippen molar-refractivity contribution in [1.29, 1.82) is 0 Å². The number of fused-ring (bicyclic) bond motifs is 1. The molecule has 1 fully saturated rings. The molecular weight excluding hydrogens is 550 g/mol. The number of hydrogen-bond donors (Lipinski definition) is 4. The number of carbonyl (C=O) groups excluding carboxylic acids is 4. The van der Waals surface area contributed by atoms with Crippen molar-refractivity contribution < 1.29 is 28.7 Å². The van der Waals surface area contributed by atoms with Crippen molar-refractivity contribution in [3.8, 4) is 0 Å². The Hall–Kier alpha value is -3.96. The van der Waals surface area contributed by atoms with Gasteiger partial charge in [0.25, 0.3) is 0 Å². The largest absolute Gasteiger partial charge is 0.466 e. The summed E-state index contributed by atoms with van der Waals surface area (Å²) in [5.41, 5.74) is 0.617. The molecule has 0 aliphatic carbocycles. The Morgan fingerprint density at radius 1 is 1.00 bits per heavy atom.